The first-order valence-corrected chi connectivity index (χ1v) is 11.6. The largest absolute Gasteiger partial charge is 0.345 e. The molecule has 1 amide bonds. The van der Waals surface area contributed by atoms with Crippen LogP contribution in [0.25, 0.3) is 10.9 Å². The highest BCUT2D eigenvalue weighted by atomic mass is 16.2. The van der Waals surface area contributed by atoms with Gasteiger partial charge in [-0.2, -0.15) is 0 Å². The molecular weight excluding hydrogens is 386 g/mol. The van der Waals surface area contributed by atoms with Gasteiger partial charge in [-0.3, -0.25) is 9.59 Å². The number of likely N-dealkylation sites (tertiary alicyclic amines) is 1. The molecule has 2 unspecified atom stereocenters. The predicted molar refractivity (Wildman–Crippen MR) is 123 cm³/mol. The van der Waals surface area contributed by atoms with E-state index in [1.54, 1.807) is 6.07 Å². The van der Waals surface area contributed by atoms with E-state index in [0.717, 1.165) is 44.6 Å². The third kappa shape index (κ3) is 3.71. The van der Waals surface area contributed by atoms with Gasteiger partial charge < -0.3 is 14.0 Å². The molecule has 3 aromatic rings. The molecule has 0 N–H and O–H groups in total. The maximum absolute atomic E-state index is 13.0. The second-order valence-electron chi connectivity index (χ2n) is 9.52. The number of para-hydroxylation sites is 1. The quantitative estimate of drug-likeness (QED) is 0.620. The van der Waals surface area contributed by atoms with Crippen molar-refractivity contribution >= 4 is 16.8 Å². The van der Waals surface area contributed by atoms with E-state index in [1.807, 2.05) is 10.6 Å². The number of nitrogens with zero attached hydrogens (tertiary/aromatic N) is 3. The Morgan fingerprint density at radius 3 is 2.74 bits per heavy atom. The fraction of sp³-hybridized carbons (Fsp3) is 0.462. The van der Waals surface area contributed by atoms with E-state index in [9.17, 15) is 9.59 Å². The molecule has 1 aromatic carbocycles. The number of hydrogen-bond donors (Lipinski definition) is 0. The van der Waals surface area contributed by atoms with Crippen LogP contribution in [0.15, 0.2) is 53.5 Å². The molecule has 5 nitrogen and oxygen atoms in total. The number of fused-ring (bicyclic) bond motifs is 5. The predicted octanol–water partition coefficient (Wildman–Crippen LogP) is 4.35. The Bertz CT molecular complexity index is 1170. The molecule has 1 fully saturated rings. The number of rotatable bonds is 5. The average molecular weight is 418 g/mol. The van der Waals surface area contributed by atoms with E-state index in [0.29, 0.717) is 18.4 Å². The van der Waals surface area contributed by atoms with Crippen molar-refractivity contribution in [2.45, 2.75) is 58.0 Å². The maximum Gasteiger partial charge on any atom is 0.250 e. The zero-order chi connectivity index (χ0) is 21.5. The topological polar surface area (TPSA) is 47.2 Å². The lowest BCUT2D eigenvalue weighted by Crippen LogP contribution is -2.49. The van der Waals surface area contributed by atoms with Gasteiger partial charge in [0.25, 0.3) is 5.56 Å². The van der Waals surface area contributed by atoms with Crippen molar-refractivity contribution in [2.24, 2.45) is 5.92 Å². The molecule has 0 saturated carbocycles. The Morgan fingerprint density at radius 2 is 1.90 bits per heavy atom. The summed E-state index contributed by atoms with van der Waals surface area (Å²) in [4.78, 5) is 27.3. The standard InChI is InChI=1S/C26H31N3O2/c1-18(2)28-17-20(22-8-3-4-9-24(22)28)7-5-11-25(30)27-14-19-13-21(16-27)23-10-6-12-26(31)29(23)15-19/h3-4,6,8-10,12,17-19,21H,5,7,11,13-16H2,1-2H3. The van der Waals surface area contributed by atoms with Gasteiger partial charge in [0.1, 0.15) is 0 Å². The van der Waals surface area contributed by atoms with Gasteiger partial charge in [0.05, 0.1) is 0 Å². The van der Waals surface area contributed by atoms with Crippen molar-refractivity contribution in [3.8, 4) is 0 Å². The minimum atomic E-state index is 0.0903. The molecule has 0 radical (unpaired) electrons. The Hall–Kier alpha value is -2.82. The van der Waals surface area contributed by atoms with Crippen LogP contribution in [0.1, 0.15) is 56.3 Å². The minimum Gasteiger partial charge on any atom is -0.345 e. The molecule has 2 atom stereocenters. The minimum absolute atomic E-state index is 0.0903. The number of benzene rings is 1. The summed E-state index contributed by atoms with van der Waals surface area (Å²) < 4.78 is 4.25. The SMILES string of the molecule is CC(C)n1cc(CCCC(=O)N2CC3CC(C2)c2cccc(=O)n2C3)c2ccccc21. The fourth-order valence-corrected chi connectivity index (χ4v) is 5.59. The van der Waals surface area contributed by atoms with Crippen molar-refractivity contribution in [2.75, 3.05) is 13.1 Å². The summed E-state index contributed by atoms with van der Waals surface area (Å²) in [6, 6.07) is 14.5. The molecule has 0 spiro atoms. The molecule has 2 aromatic heterocycles. The van der Waals surface area contributed by atoms with Crippen molar-refractivity contribution in [3.05, 3.63) is 70.3 Å². The first-order valence-electron chi connectivity index (χ1n) is 11.6. The lowest BCUT2D eigenvalue weighted by atomic mass is 9.83. The third-order valence-corrected chi connectivity index (χ3v) is 7.05. The lowest BCUT2D eigenvalue weighted by molar-refractivity contribution is -0.134. The zero-order valence-corrected chi connectivity index (χ0v) is 18.5. The molecule has 0 aliphatic carbocycles. The molecule has 5 rings (SSSR count). The van der Waals surface area contributed by atoms with Gasteiger partial charge in [0.2, 0.25) is 5.91 Å². The molecule has 5 heteroatoms. The number of aromatic nitrogens is 2. The molecule has 2 aliphatic rings. The van der Waals surface area contributed by atoms with E-state index in [4.69, 9.17) is 0 Å². The van der Waals surface area contributed by atoms with Gasteiger partial charge in [0.15, 0.2) is 0 Å². The second-order valence-corrected chi connectivity index (χ2v) is 9.52. The summed E-state index contributed by atoms with van der Waals surface area (Å²) in [5.74, 6) is 0.933. The van der Waals surface area contributed by atoms with Gasteiger partial charge in [-0.1, -0.05) is 24.3 Å². The van der Waals surface area contributed by atoms with Crippen LogP contribution in [0.2, 0.25) is 0 Å². The van der Waals surface area contributed by atoms with Gasteiger partial charge in [-0.05, 0) is 56.7 Å². The fourth-order valence-electron chi connectivity index (χ4n) is 5.59. The summed E-state index contributed by atoms with van der Waals surface area (Å²) in [6.07, 6.45) is 5.72. The average Bonchev–Trinajstić information content (AvgIpc) is 3.13. The van der Waals surface area contributed by atoms with Crippen molar-refractivity contribution in [3.63, 3.8) is 0 Å². The van der Waals surface area contributed by atoms with Crippen molar-refractivity contribution < 1.29 is 4.79 Å². The van der Waals surface area contributed by atoms with Crippen LogP contribution >= 0.6 is 0 Å². The Morgan fingerprint density at radius 1 is 1.06 bits per heavy atom. The van der Waals surface area contributed by atoms with E-state index < -0.39 is 0 Å². The molecule has 2 bridgehead atoms. The van der Waals surface area contributed by atoms with Crippen LogP contribution in [0.3, 0.4) is 0 Å². The van der Waals surface area contributed by atoms with Crippen LogP contribution in [0.4, 0.5) is 0 Å². The number of pyridine rings is 1. The Balaban J connectivity index is 1.24. The van der Waals surface area contributed by atoms with E-state index in [1.165, 1.54) is 16.5 Å². The van der Waals surface area contributed by atoms with Crippen LogP contribution in [0, 0.1) is 5.92 Å². The van der Waals surface area contributed by atoms with Crippen molar-refractivity contribution in [1.82, 2.24) is 14.0 Å². The van der Waals surface area contributed by atoms with Crippen LogP contribution in [-0.4, -0.2) is 33.0 Å². The number of carbonyl (C=O) groups is 1. The van der Waals surface area contributed by atoms with Gasteiger partial charge in [0, 0.05) is 66.9 Å². The van der Waals surface area contributed by atoms with E-state index in [2.05, 4.69) is 59.8 Å². The highest BCUT2D eigenvalue weighted by Crippen LogP contribution is 2.35. The molecule has 162 valence electrons. The summed E-state index contributed by atoms with van der Waals surface area (Å²) in [7, 11) is 0. The molecule has 2 aliphatic heterocycles. The number of hydrogen-bond acceptors (Lipinski definition) is 2. The summed E-state index contributed by atoms with van der Waals surface area (Å²) in [5.41, 5.74) is 3.80. The van der Waals surface area contributed by atoms with Gasteiger partial charge in [-0.25, -0.2) is 0 Å². The van der Waals surface area contributed by atoms with Crippen LogP contribution in [-0.2, 0) is 17.8 Å². The number of amides is 1. The number of carbonyl (C=O) groups excluding carboxylic acids is 1. The van der Waals surface area contributed by atoms with Gasteiger partial charge in [-0.15, -0.1) is 0 Å². The normalized spacial score (nSPS) is 20.3. The highest BCUT2D eigenvalue weighted by Gasteiger charge is 2.35. The molecule has 4 heterocycles. The van der Waals surface area contributed by atoms with Gasteiger partial charge >= 0.3 is 0 Å². The van der Waals surface area contributed by atoms with E-state index >= 15 is 0 Å². The van der Waals surface area contributed by atoms with Crippen LogP contribution in [0.5, 0.6) is 0 Å². The molecular formula is C26H31N3O2. The number of aryl methyl sites for hydroxylation is 1. The number of piperidine rings is 1. The zero-order valence-electron chi connectivity index (χ0n) is 18.5. The molecule has 1 saturated heterocycles. The van der Waals surface area contributed by atoms with Crippen LogP contribution < -0.4 is 5.56 Å². The Kier molecular flexibility index (Phi) is 5.20. The van der Waals surface area contributed by atoms with E-state index in [-0.39, 0.29) is 17.4 Å². The Labute approximate surface area is 183 Å². The second kappa shape index (κ2) is 8.03. The summed E-state index contributed by atoms with van der Waals surface area (Å²) in [6.45, 7) is 6.68. The third-order valence-electron chi connectivity index (χ3n) is 7.05. The summed E-state index contributed by atoms with van der Waals surface area (Å²) >= 11 is 0. The van der Waals surface area contributed by atoms with Crippen molar-refractivity contribution in [1.29, 1.82) is 0 Å². The molecule has 31 heavy (non-hydrogen) atoms. The first-order chi connectivity index (χ1) is 15.0. The smallest absolute Gasteiger partial charge is 0.250 e. The first kappa shape index (κ1) is 20.1. The summed E-state index contributed by atoms with van der Waals surface area (Å²) in [5, 5.41) is 1.30. The monoisotopic (exact) mass is 417 g/mol. The maximum atomic E-state index is 13.0. The lowest BCUT2D eigenvalue weighted by Gasteiger charge is -2.42. The highest BCUT2D eigenvalue weighted by molar-refractivity contribution is 5.84.